The van der Waals surface area contributed by atoms with Crippen molar-refractivity contribution in [1.29, 1.82) is 0 Å². The van der Waals surface area contributed by atoms with Crippen LogP contribution >= 0.6 is 34.7 Å². The SMILES string of the molecule is O=C(O)c1nnsc1Nc1cc(Cl)cc(Cl)c1. The van der Waals surface area contributed by atoms with Crippen LogP contribution in [0.25, 0.3) is 0 Å². The standard InChI is InChI=1S/C9H5Cl2N3O2S/c10-4-1-5(11)3-6(2-4)12-8-7(9(15)16)13-14-17-8/h1-3,12H,(H,15,16). The molecule has 0 amide bonds. The summed E-state index contributed by atoms with van der Waals surface area (Å²) >= 11 is 12.6. The summed E-state index contributed by atoms with van der Waals surface area (Å²) in [5.74, 6) is -1.14. The lowest BCUT2D eigenvalue weighted by atomic mass is 10.3. The minimum Gasteiger partial charge on any atom is -0.476 e. The fraction of sp³-hybridized carbons (Fsp3) is 0. The summed E-state index contributed by atoms with van der Waals surface area (Å²) in [6.45, 7) is 0. The molecule has 0 aliphatic carbocycles. The quantitative estimate of drug-likeness (QED) is 0.907. The Hall–Kier alpha value is -1.37. The van der Waals surface area contributed by atoms with E-state index in [1.807, 2.05) is 0 Å². The van der Waals surface area contributed by atoms with E-state index < -0.39 is 5.97 Å². The van der Waals surface area contributed by atoms with Crippen molar-refractivity contribution >= 4 is 51.4 Å². The van der Waals surface area contributed by atoms with E-state index in [0.29, 0.717) is 20.7 Å². The monoisotopic (exact) mass is 289 g/mol. The third-order valence-corrected chi connectivity index (χ3v) is 2.89. The maximum atomic E-state index is 10.8. The molecule has 0 bridgehead atoms. The number of carboxylic acids is 1. The zero-order chi connectivity index (χ0) is 12.4. The summed E-state index contributed by atoms with van der Waals surface area (Å²) in [7, 11) is 0. The van der Waals surface area contributed by atoms with Crippen LogP contribution in [0.3, 0.4) is 0 Å². The van der Waals surface area contributed by atoms with Gasteiger partial charge in [-0.1, -0.05) is 27.7 Å². The Morgan fingerprint density at radius 2 is 1.94 bits per heavy atom. The third kappa shape index (κ3) is 2.85. The maximum absolute atomic E-state index is 10.8. The van der Waals surface area contributed by atoms with Crippen LogP contribution in [-0.4, -0.2) is 20.7 Å². The van der Waals surface area contributed by atoms with Crippen LogP contribution in [0, 0.1) is 0 Å². The molecule has 2 aromatic rings. The summed E-state index contributed by atoms with van der Waals surface area (Å²) < 4.78 is 3.57. The molecule has 1 aromatic carbocycles. The van der Waals surface area contributed by atoms with E-state index in [1.165, 1.54) is 0 Å². The Bertz CT molecular complexity index is 553. The van der Waals surface area contributed by atoms with Gasteiger partial charge in [-0.2, -0.15) is 0 Å². The number of halogens is 2. The van der Waals surface area contributed by atoms with Crippen LogP contribution in [-0.2, 0) is 0 Å². The first kappa shape index (κ1) is 12.1. The second-order valence-electron chi connectivity index (χ2n) is 3.04. The van der Waals surface area contributed by atoms with Crippen LogP contribution in [0.1, 0.15) is 10.5 Å². The predicted molar refractivity (Wildman–Crippen MR) is 66.6 cm³/mol. The van der Waals surface area contributed by atoms with Crippen molar-refractivity contribution in [2.75, 3.05) is 5.32 Å². The third-order valence-electron chi connectivity index (χ3n) is 1.81. The van der Waals surface area contributed by atoms with Crippen molar-refractivity contribution in [3.63, 3.8) is 0 Å². The van der Waals surface area contributed by atoms with Crippen LogP contribution in [0.2, 0.25) is 10.0 Å². The van der Waals surface area contributed by atoms with Gasteiger partial charge in [0.15, 0.2) is 0 Å². The van der Waals surface area contributed by atoms with Crippen molar-refractivity contribution in [1.82, 2.24) is 9.59 Å². The lowest BCUT2D eigenvalue weighted by Crippen LogP contribution is -2.01. The molecule has 0 spiro atoms. The molecule has 0 saturated carbocycles. The zero-order valence-corrected chi connectivity index (χ0v) is 10.5. The van der Waals surface area contributed by atoms with Crippen LogP contribution in [0.4, 0.5) is 10.7 Å². The van der Waals surface area contributed by atoms with E-state index in [1.54, 1.807) is 18.2 Å². The van der Waals surface area contributed by atoms with Crippen molar-refractivity contribution in [2.45, 2.75) is 0 Å². The molecule has 0 radical (unpaired) electrons. The highest BCUT2D eigenvalue weighted by Crippen LogP contribution is 2.27. The van der Waals surface area contributed by atoms with Gasteiger partial charge in [0.2, 0.25) is 5.69 Å². The smallest absolute Gasteiger partial charge is 0.359 e. The number of benzene rings is 1. The fourth-order valence-corrected chi connectivity index (χ4v) is 2.28. The van der Waals surface area contributed by atoms with Crippen LogP contribution in [0.5, 0.6) is 0 Å². The summed E-state index contributed by atoms with van der Waals surface area (Å²) in [6, 6.07) is 4.83. The van der Waals surface area contributed by atoms with Gasteiger partial charge in [-0.05, 0) is 18.2 Å². The molecule has 0 unspecified atom stereocenters. The average molecular weight is 290 g/mol. The molecular weight excluding hydrogens is 285 g/mol. The number of anilines is 2. The van der Waals surface area contributed by atoms with Gasteiger partial charge >= 0.3 is 5.97 Å². The Labute approximate surface area is 110 Å². The van der Waals surface area contributed by atoms with Crippen molar-refractivity contribution in [3.8, 4) is 0 Å². The molecule has 2 rings (SSSR count). The van der Waals surface area contributed by atoms with E-state index in [9.17, 15) is 4.79 Å². The first-order valence-electron chi connectivity index (χ1n) is 4.35. The molecule has 0 aliphatic rings. The van der Waals surface area contributed by atoms with Gasteiger partial charge in [0.1, 0.15) is 5.00 Å². The highest BCUT2D eigenvalue weighted by molar-refractivity contribution is 7.10. The maximum Gasteiger partial charge on any atom is 0.359 e. The van der Waals surface area contributed by atoms with Crippen molar-refractivity contribution < 1.29 is 9.90 Å². The lowest BCUT2D eigenvalue weighted by Gasteiger charge is -2.04. The van der Waals surface area contributed by atoms with E-state index in [0.717, 1.165) is 11.5 Å². The number of nitrogens with one attached hydrogen (secondary N) is 1. The highest BCUT2D eigenvalue weighted by Gasteiger charge is 2.15. The van der Waals surface area contributed by atoms with E-state index in [2.05, 4.69) is 14.9 Å². The minimum atomic E-state index is -1.14. The Morgan fingerprint density at radius 1 is 1.29 bits per heavy atom. The predicted octanol–water partition coefficient (Wildman–Crippen LogP) is 3.29. The normalized spacial score (nSPS) is 10.2. The van der Waals surface area contributed by atoms with Crippen LogP contribution < -0.4 is 5.32 Å². The second kappa shape index (κ2) is 4.87. The number of rotatable bonds is 3. The fourth-order valence-electron chi connectivity index (χ4n) is 1.17. The van der Waals surface area contributed by atoms with Gasteiger partial charge in [0.05, 0.1) is 0 Å². The Kier molecular flexibility index (Phi) is 3.46. The first-order valence-corrected chi connectivity index (χ1v) is 5.88. The van der Waals surface area contributed by atoms with Gasteiger partial charge in [-0.15, -0.1) is 5.10 Å². The zero-order valence-electron chi connectivity index (χ0n) is 8.15. The van der Waals surface area contributed by atoms with Gasteiger partial charge in [0.25, 0.3) is 0 Å². The molecule has 5 nitrogen and oxygen atoms in total. The van der Waals surface area contributed by atoms with Gasteiger partial charge in [-0.25, -0.2) is 4.79 Å². The number of nitrogens with zero attached hydrogens (tertiary/aromatic N) is 2. The summed E-state index contributed by atoms with van der Waals surface area (Å²) in [5.41, 5.74) is 0.446. The molecule has 2 N–H and O–H groups in total. The van der Waals surface area contributed by atoms with E-state index in [-0.39, 0.29) is 5.69 Å². The molecule has 1 heterocycles. The summed E-state index contributed by atoms with van der Waals surface area (Å²) in [4.78, 5) is 10.8. The average Bonchev–Trinajstić information content (AvgIpc) is 2.63. The van der Waals surface area contributed by atoms with Gasteiger partial charge in [-0.3, -0.25) is 0 Å². The molecule has 0 fully saturated rings. The number of hydrogen-bond donors (Lipinski definition) is 2. The molecule has 17 heavy (non-hydrogen) atoms. The minimum absolute atomic E-state index is 0.133. The Morgan fingerprint density at radius 3 is 2.53 bits per heavy atom. The molecule has 0 aliphatic heterocycles. The van der Waals surface area contributed by atoms with Gasteiger partial charge in [0, 0.05) is 27.3 Å². The molecule has 0 saturated heterocycles. The highest BCUT2D eigenvalue weighted by atomic mass is 35.5. The number of aromatic carboxylic acids is 1. The van der Waals surface area contributed by atoms with Gasteiger partial charge < -0.3 is 10.4 Å². The first-order chi connectivity index (χ1) is 8.06. The lowest BCUT2D eigenvalue weighted by molar-refractivity contribution is 0.0691. The van der Waals surface area contributed by atoms with Crippen LogP contribution in [0.15, 0.2) is 18.2 Å². The molecule has 1 aromatic heterocycles. The topological polar surface area (TPSA) is 75.1 Å². The molecular formula is C9H5Cl2N3O2S. The summed E-state index contributed by atoms with van der Waals surface area (Å²) in [6.07, 6.45) is 0. The number of hydrogen-bond acceptors (Lipinski definition) is 5. The van der Waals surface area contributed by atoms with E-state index >= 15 is 0 Å². The number of carbonyl (C=O) groups is 1. The number of carboxylic acid groups (broad SMARTS) is 1. The van der Waals surface area contributed by atoms with E-state index in [4.69, 9.17) is 28.3 Å². The van der Waals surface area contributed by atoms with Crippen molar-refractivity contribution in [2.24, 2.45) is 0 Å². The second-order valence-corrected chi connectivity index (χ2v) is 4.67. The molecule has 0 atom stereocenters. The summed E-state index contributed by atoms with van der Waals surface area (Å²) in [5, 5.41) is 16.4. The molecule has 8 heteroatoms. The number of aromatic nitrogens is 2. The largest absolute Gasteiger partial charge is 0.476 e. The van der Waals surface area contributed by atoms with Crippen molar-refractivity contribution in [3.05, 3.63) is 33.9 Å². The Balaban J connectivity index is 2.31. The molecule has 88 valence electrons.